The fraction of sp³-hybridized carbons (Fsp3) is 0.562. The van der Waals surface area contributed by atoms with E-state index in [0.717, 1.165) is 12.0 Å². The van der Waals surface area contributed by atoms with E-state index in [-0.39, 0.29) is 11.3 Å². The molecule has 0 heterocycles. The molecule has 1 nitrogen and oxygen atoms in total. The third kappa shape index (κ3) is 1.82. The molecule has 3 rings (SSSR count). The zero-order chi connectivity index (χ0) is 12.0. The van der Waals surface area contributed by atoms with Crippen LogP contribution in [0, 0.1) is 11.3 Å². The van der Waals surface area contributed by atoms with Gasteiger partial charge in [0.1, 0.15) is 0 Å². The van der Waals surface area contributed by atoms with Crippen LogP contribution < -0.4 is 0 Å². The normalized spacial score (nSPS) is 26.4. The van der Waals surface area contributed by atoms with Crippen LogP contribution in [0.5, 0.6) is 0 Å². The molecule has 2 aliphatic carbocycles. The van der Waals surface area contributed by atoms with Crippen LogP contribution in [-0.4, -0.2) is 5.78 Å². The van der Waals surface area contributed by atoms with Crippen molar-refractivity contribution in [3.8, 4) is 0 Å². The maximum Gasteiger partial charge on any atom is 0.166 e. The number of carbonyl (C=O) groups excluding carboxylic acids is 1. The minimum absolute atomic E-state index is 0.240. The van der Waals surface area contributed by atoms with E-state index >= 15 is 0 Å². The molecule has 2 aliphatic rings. The van der Waals surface area contributed by atoms with E-state index in [9.17, 15) is 4.79 Å². The fourth-order valence-corrected chi connectivity index (χ4v) is 2.90. The van der Waals surface area contributed by atoms with Crippen molar-refractivity contribution < 1.29 is 4.79 Å². The van der Waals surface area contributed by atoms with Crippen LogP contribution >= 0.6 is 0 Å². The number of carbonyl (C=O) groups is 1. The highest BCUT2D eigenvalue weighted by molar-refractivity contribution is 6.01. The van der Waals surface area contributed by atoms with Gasteiger partial charge in [-0.1, -0.05) is 44.5 Å². The number of rotatable bonds is 3. The quantitative estimate of drug-likeness (QED) is 0.709. The zero-order valence-corrected chi connectivity index (χ0v) is 10.7. The van der Waals surface area contributed by atoms with E-state index in [1.54, 1.807) is 0 Å². The molecule has 1 unspecified atom stereocenters. The Labute approximate surface area is 103 Å². The number of hydrogen-bond donors (Lipinski definition) is 0. The molecule has 1 aromatic rings. The second-order valence-corrected chi connectivity index (χ2v) is 6.32. The van der Waals surface area contributed by atoms with Crippen molar-refractivity contribution in [2.45, 2.75) is 45.4 Å². The maximum atomic E-state index is 12.5. The summed E-state index contributed by atoms with van der Waals surface area (Å²) in [5, 5.41) is 0. The van der Waals surface area contributed by atoms with Crippen LogP contribution in [0.2, 0.25) is 0 Å². The molecule has 1 heteroatoms. The molecule has 0 saturated heterocycles. The van der Waals surface area contributed by atoms with Crippen molar-refractivity contribution in [3.63, 3.8) is 0 Å². The third-order valence-corrected chi connectivity index (χ3v) is 4.60. The molecule has 0 amide bonds. The van der Waals surface area contributed by atoms with Crippen LogP contribution in [0.15, 0.2) is 24.3 Å². The Hall–Kier alpha value is -1.11. The highest BCUT2D eigenvalue weighted by atomic mass is 16.1. The summed E-state index contributed by atoms with van der Waals surface area (Å²) in [7, 11) is 0. The molecule has 2 fully saturated rings. The Morgan fingerprint density at radius 3 is 2.41 bits per heavy atom. The average Bonchev–Trinajstić information content (AvgIpc) is 2.85. The number of Topliss-reactive ketones (excluding diaryl/α,β-unsaturated/α-hetero) is 1. The minimum atomic E-state index is 0.240. The summed E-state index contributed by atoms with van der Waals surface area (Å²) >= 11 is 0. The molecule has 0 spiro atoms. The van der Waals surface area contributed by atoms with Gasteiger partial charge in [0.2, 0.25) is 0 Å². The number of hydrogen-bond acceptors (Lipinski definition) is 1. The number of benzene rings is 1. The van der Waals surface area contributed by atoms with Gasteiger partial charge in [-0.05, 0) is 36.2 Å². The first-order chi connectivity index (χ1) is 8.09. The molecule has 1 aromatic carbocycles. The topological polar surface area (TPSA) is 17.1 Å². The summed E-state index contributed by atoms with van der Waals surface area (Å²) in [5.41, 5.74) is 2.56. The first-order valence-electron chi connectivity index (χ1n) is 6.73. The van der Waals surface area contributed by atoms with E-state index in [0.29, 0.717) is 11.7 Å². The Balaban J connectivity index is 1.89. The lowest BCUT2D eigenvalue weighted by atomic mass is 9.77. The second-order valence-electron chi connectivity index (χ2n) is 6.32. The van der Waals surface area contributed by atoms with Gasteiger partial charge in [-0.15, -0.1) is 0 Å². The summed E-state index contributed by atoms with van der Waals surface area (Å²) < 4.78 is 0. The Morgan fingerprint density at radius 2 is 1.88 bits per heavy atom. The molecule has 0 aliphatic heterocycles. The Bertz CT molecular complexity index is 454. The van der Waals surface area contributed by atoms with Crippen LogP contribution in [-0.2, 0) is 0 Å². The van der Waals surface area contributed by atoms with E-state index in [1.165, 1.54) is 24.8 Å². The average molecular weight is 228 g/mol. The van der Waals surface area contributed by atoms with Gasteiger partial charge in [0.25, 0.3) is 0 Å². The molecule has 1 atom stereocenters. The zero-order valence-electron chi connectivity index (χ0n) is 10.7. The van der Waals surface area contributed by atoms with Gasteiger partial charge in [0.05, 0.1) is 0 Å². The summed E-state index contributed by atoms with van der Waals surface area (Å²) in [6.45, 7) is 4.39. The lowest BCUT2D eigenvalue weighted by Crippen LogP contribution is -2.15. The largest absolute Gasteiger partial charge is 0.294 e. The molecule has 0 radical (unpaired) electrons. The molecule has 90 valence electrons. The van der Waals surface area contributed by atoms with Crippen LogP contribution in [0.3, 0.4) is 0 Å². The Kier molecular flexibility index (Phi) is 2.39. The molecule has 0 aromatic heterocycles. The van der Waals surface area contributed by atoms with Crippen molar-refractivity contribution in [3.05, 3.63) is 35.4 Å². The summed E-state index contributed by atoms with van der Waals surface area (Å²) in [6.07, 6.45) is 4.91. The van der Waals surface area contributed by atoms with Gasteiger partial charge < -0.3 is 0 Å². The smallest absolute Gasteiger partial charge is 0.166 e. The van der Waals surface area contributed by atoms with Gasteiger partial charge >= 0.3 is 0 Å². The molecular formula is C16H20O. The van der Waals surface area contributed by atoms with Crippen molar-refractivity contribution >= 4 is 5.78 Å². The van der Waals surface area contributed by atoms with Crippen LogP contribution in [0.1, 0.15) is 61.4 Å². The van der Waals surface area contributed by atoms with Crippen LogP contribution in [0.4, 0.5) is 0 Å². The summed E-state index contributed by atoms with van der Waals surface area (Å²) in [5.74, 6) is 1.30. The lowest BCUT2D eigenvalue weighted by Gasteiger charge is -2.27. The molecule has 0 N–H and O–H groups in total. The standard InChI is InChI=1S/C16H20O/c1-16(2)10-14(16)15(17)13-9-4-3-8-12(13)11-6-5-7-11/h3-4,8-9,11,14H,5-7,10H2,1-2H3. The predicted octanol–water partition coefficient (Wildman–Crippen LogP) is 4.18. The third-order valence-electron chi connectivity index (χ3n) is 4.60. The van der Waals surface area contributed by atoms with Crippen molar-refractivity contribution in [1.82, 2.24) is 0 Å². The summed E-state index contributed by atoms with van der Waals surface area (Å²) in [4.78, 5) is 12.5. The fourth-order valence-electron chi connectivity index (χ4n) is 2.90. The van der Waals surface area contributed by atoms with E-state index in [2.05, 4.69) is 26.0 Å². The van der Waals surface area contributed by atoms with Gasteiger partial charge in [-0.3, -0.25) is 4.79 Å². The summed E-state index contributed by atoms with van der Waals surface area (Å²) in [6, 6.07) is 8.27. The van der Waals surface area contributed by atoms with E-state index in [4.69, 9.17) is 0 Å². The van der Waals surface area contributed by atoms with Gasteiger partial charge in [-0.25, -0.2) is 0 Å². The SMILES string of the molecule is CC1(C)CC1C(=O)c1ccccc1C1CCC1. The van der Waals surface area contributed by atoms with Gasteiger partial charge in [0, 0.05) is 11.5 Å². The first kappa shape index (κ1) is 11.0. The van der Waals surface area contributed by atoms with E-state index in [1.807, 2.05) is 12.1 Å². The highest BCUT2D eigenvalue weighted by Gasteiger charge is 2.50. The second kappa shape index (κ2) is 3.69. The molecule has 0 bridgehead atoms. The van der Waals surface area contributed by atoms with Crippen molar-refractivity contribution in [1.29, 1.82) is 0 Å². The lowest BCUT2D eigenvalue weighted by molar-refractivity contribution is 0.0951. The van der Waals surface area contributed by atoms with Gasteiger partial charge in [0.15, 0.2) is 5.78 Å². The predicted molar refractivity (Wildman–Crippen MR) is 69.3 cm³/mol. The highest BCUT2D eigenvalue weighted by Crippen LogP contribution is 2.53. The van der Waals surface area contributed by atoms with Crippen molar-refractivity contribution in [2.24, 2.45) is 11.3 Å². The maximum absolute atomic E-state index is 12.5. The number of ketones is 1. The molecular weight excluding hydrogens is 208 g/mol. The molecule has 2 saturated carbocycles. The van der Waals surface area contributed by atoms with Gasteiger partial charge in [-0.2, -0.15) is 0 Å². The molecule has 17 heavy (non-hydrogen) atoms. The van der Waals surface area contributed by atoms with Crippen LogP contribution in [0.25, 0.3) is 0 Å². The van der Waals surface area contributed by atoms with E-state index < -0.39 is 0 Å². The first-order valence-corrected chi connectivity index (χ1v) is 6.73. The monoisotopic (exact) mass is 228 g/mol. The minimum Gasteiger partial charge on any atom is -0.294 e. The Morgan fingerprint density at radius 1 is 1.24 bits per heavy atom. The van der Waals surface area contributed by atoms with Crippen molar-refractivity contribution in [2.75, 3.05) is 0 Å².